The Balaban J connectivity index is 2.70. The molecule has 0 saturated carbocycles. The van der Waals surface area contributed by atoms with E-state index in [1.165, 1.54) is 0 Å². The first-order valence-corrected chi connectivity index (χ1v) is 5.19. The number of aliphatic hydroxyl groups is 1. The molecule has 0 spiro atoms. The Morgan fingerprint density at radius 1 is 1.53 bits per heavy atom. The van der Waals surface area contributed by atoms with Crippen molar-refractivity contribution in [2.45, 2.75) is 26.4 Å². The van der Waals surface area contributed by atoms with Crippen LogP contribution in [0.5, 0.6) is 0 Å². The van der Waals surface area contributed by atoms with Gasteiger partial charge in [0.25, 0.3) is 0 Å². The Morgan fingerprint density at radius 3 is 2.80 bits per heavy atom. The minimum Gasteiger partial charge on any atom is -0.394 e. The highest BCUT2D eigenvalue weighted by molar-refractivity contribution is 5.38. The SMILES string of the molecule is CC(C)C(CO)Nc1cc(CN)ccn1. The summed E-state index contributed by atoms with van der Waals surface area (Å²) in [6.07, 6.45) is 1.72. The van der Waals surface area contributed by atoms with E-state index in [0.717, 1.165) is 11.4 Å². The Bertz CT molecular complexity index is 302. The lowest BCUT2D eigenvalue weighted by Crippen LogP contribution is -2.29. The van der Waals surface area contributed by atoms with Crippen LogP contribution < -0.4 is 11.1 Å². The van der Waals surface area contributed by atoms with Gasteiger partial charge in [-0.2, -0.15) is 0 Å². The molecule has 1 heterocycles. The predicted octanol–water partition coefficient (Wildman–Crippen LogP) is 0.969. The highest BCUT2D eigenvalue weighted by Gasteiger charge is 2.11. The molecule has 4 nitrogen and oxygen atoms in total. The van der Waals surface area contributed by atoms with E-state index in [1.807, 2.05) is 12.1 Å². The third-order valence-corrected chi connectivity index (χ3v) is 2.39. The van der Waals surface area contributed by atoms with Crippen LogP contribution in [0.3, 0.4) is 0 Å². The summed E-state index contributed by atoms with van der Waals surface area (Å²) in [5, 5.41) is 12.4. The quantitative estimate of drug-likeness (QED) is 0.675. The van der Waals surface area contributed by atoms with Crippen molar-refractivity contribution < 1.29 is 5.11 Å². The van der Waals surface area contributed by atoms with Gasteiger partial charge in [-0.1, -0.05) is 13.8 Å². The highest BCUT2D eigenvalue weighted by Crippen LogP contribution is 2.11. The van der Waals surface area contributed by atoms with Gasteiger partial charge in [-0.05, 0) is 23.6 Å². The molecule has 84 valence electrons. The van der Waals surface area contributed by atoms with E-state index in [2.05, 4.69) is 24.1 Å². The monoisotopic (exact) mass is 209 g/mol. The fourth-order valence-corrected chi connectivity index (χ4v) is 1.29. The summed E-state index contributed by atoms with van der Waals surface area (Å²) in [5.41, 5.74) is 6.57. The zero-order chi connectivity index (χ0) is 11.3. The zero-order valence-electron chi connectivity index (χ0n) is 9.27. The minimum absolute atomic E-state index is 0.0329. The lowest BCUT2D eigenvalue weighted by atomic mass is 10.1. The molecular formula is C11H19N3O. The second kappa shape index (κ2) is 5.68. The molecule has 0 aliphatic rings. The molecule has 15 heavy (non-hydrogen) atoms. The third-order valence-electron chi connectivity index (χ3n) is 2.39. The summed E-state index contributed by atoms with van der Waals surface area (Å²) >= 11 is 0. The van der Waals surface area contributed by atoms with Gasteiger partial charge in [0.1, 0.15) is 5.82 Å². The van der Waals surface area contributed by atoms with E-state index in [-0.39, 0.29) is 12.6 Å². The fraction of sp³-hybridized carbons (Fsp3) is 0.545. The van der Waals surface area contributed by atoms with Crippen molar-refractivity contribution in [3.63, 3.8) is 0 Å². The molecule has 1 aromatic heterocycles. The lowest BCUT2D eigenvalue weighted by Gasteiger charge is -2.20. The predicted molar refractivity (Wildman–Crippen MR) is 61.5 cm³/mol. The van der Waals surface area contributed by atoms with Gasteiger partial charge in [0.15, 0.2) is 0 Å². The maximum Gasteiger partial charge on any atom is 0.126 e. The second-order valence-electron chi connectivity index (χ2n) is 3.93. The van der Waals surface area contributed by atoms with E-state index in [4.69, 9.17) is 10.8 Å². The van der Waals surface area contributed by atoms with Crippen LogP contribution in [0.2, 0.25) is 0 Å². The zero-order valence-corrected chi connectivity index (χ0v) is 9.27. The van der Waals surface area contributed by atoms with E-state index in [0.29, 0.717) is 12.5 Å². The molecule has 1 aromatic rings. The van der Waals surface area contributed by atoms with Crippen LogP contribution in [-0.4, -0.2) is 22.7 Å². The van der Waals surface area contributed by atoms with Crippen molar-refractivity contribution in [1.29, 1.82) is 0 Å². The van der Waals surface area contributed by atoms with Crippen molar-refractivity contribution in [1.82, 2.24) is 4.98 Å². The molecule has 1 rings (SSSR count). The smallest absolute Gasteiger partial charge is 0.126 e. The number of hydrogen-bond acceptors (Lipinski definition) is 4. The Hall–Kier alpha value is -1.13. The Morgan fingerprint density at radius 2 is 2.27 bits per heavy atom. The van der Waals surface area contributed by atoms with Crippen LogP contribution in [0.25, 0.3) is 0 Å². The van der Waals surface area contributed by atoms with Gasteiger partial charge in [-0.25, -0.2) is 4.98 Å². The standard InChI is InChI=1S/C11H19N3O/c1-8(2)10(7-15)14-11-5-9(6-12)3-4-13-11/h3-5,8,10,15H,6-7,12H2,1-2H3,(H,13,14). The topological polar surface area (TPSA) is 71.2 Å². The van der Waals surface area contributed by atoms with E-state index < -0.39 is 0 Å². The summed E-state index contributed by atoms with van der Waals surface area (Å²) in [5.74, 6) is 1.13. The van der Waals surface area contributed by atoms with Crippen molar-refractivity contribution in [3.05, 3.63) is 23.9 Å². The van der Waals surface area contributed by atoms with Crippen LogP contribution >= 0.6 is 0 Å². The molecule has 0 amide bonds. The molecule has 0 aliphatic heterocycles. The number of aliphatic hydroxyl groups excluding tert-OH is 1. The first-order chi connectivity index (χ1) is 7.17. The highest BCUT2D eigenvalue weighted by atomic mass is 16.3. The lowest BCUT2D eigenvalue weighted by molar-refractivity contribution is 0.249. The van der Waals surface area contributed by atoms with E-state index >= 15 is 0 Å². The van der Waals surface area contributed by atoms with Gasteiger partial charge in [-0.15, -0.1) is 0 Å². The summed E-state index contributed by atoms with van der Waals surface area (Å²) in [7, 11) is 0. The average molecular weight is 209 g/mol. The number of rotatable bonds is 5. The Labute approximate surface area is 90.5 Å². The maximum atomic E-state index is 9.17. The molecule has 4 N–H and O–H groups in total. The molecule has 0 fully saturated rings. The van der Waals surface area contributed by atoms with E-state index in [9.17, 15) is 0 Å². The van der Waals surface area contributed by atoms with Crippen molar-refractivity contribution in [3.8, 4) is 0 Å². The largest absolute Gasteiger partial charge is 0.394 e. The van der Waals surface area contributed by atoms with Crippen molar-refractivity contribution >= 4 is 5.82 Å². The fourth-order valence-electron chi connectivity index (χ4n) is 1.29. The first-order valence-electron chi connectivity index (χ1n) is 5.19. The second-order valence-corrected chi connectivity index (χ2v) is 3.93. The molecule has 0 aromatic carbocycles. The molecule has 0 radical (unpaired) electrons. The normalized spacial score (nSPS) is 12.9. The Kier molecular flexibility index (Phi) is 4.52. The number of pyridine rings is 1. The maximum absolute atomic E-state index is 9.17. The molecule has 0 saturated heterocycles. The molecule has 4 heteroatoms. The van der Waals surface area contributed by atoms with E-state index in [1.54, 1.807) is 6.20 Å². The van der Waals surface area contributed by atoms with Crippen LogP contribution in [0.4, 0.5) is 5.82 Å². The first kappa shape index (κ1) is 11.9. The van der Waals surface area contributed by atoms with Crippen LogP contribution in [0, 0.1) is 5.92 Å². The third kappa shape index (κ3) is 3.49. The number of nitrogens with two attached hydrogens (primary N) is 1. The van der Waals surface area contributed by atoms with Gasteiger partial charge in [0.2, 0.25) is 0 Å². The van der Waals surface area contributed by atoms with Gasteiger partial charge in [0.05, 0.1) is 12.6 Å². The average Bonchev–Trinajstić information content (AvgIpc) is 2.25. The molecule has 1 atom stereocenters. The minimum atomic E-state index is 0.0329. The van der Waals surface area contributed by atoms with Crippen LogP contribution in [0.1, 0.15) is 19.4 Å². The number of hydrogen-bond donors (Lipinski definition) is 3. The van der Waals surface area contributed by atoms with Gasteiger partial charge < -0.3 is 16.2 Å². The molecule has 1 unspecified atom stereocenters. The van der Waals surface area contributed by atoms with Crippen LogP contribution in [-0.2, 0) is 6.54 Å². The van der Waals surface area contributed by atoms with Crippen LogP contribution in [0.15, 0.2) is 18.3 Å². The molecule has 0 aliphatic carbocycles. The molecular weight excluding hydrogens is 190 g/mol. The number of aromatic nitrogens is 1. The number of nitrogens with zero attached hydrogens (tertiary/aromatic N) is 1. The van der Waals surface area contributed by atoms with Gasteiger partial charge >= 0.3 is 0 Å². The van der Waals surface area contributed by atoms with Gasteiger partial charge in [-0.3, -0.25) is 0 Å². The van der Waals surface area contributed by atoms with Crippen molar-refractivity contribution in [2.75, 3.05) is 11.9 Å². The number of anilines is 1. The summed E-state index contributed by atoms with van der Waals surface area (Å²) < 4.78 is 0. The summed E-state index contributed by atoms with van der Waals surface area (Å²) in [6, 6.07) is 3.82. The number of nitrogens with one attached hydrogen (secondary N) is 1. The summed E-state index contributed by atoms with van der Waals surface area (Å²) in [6.45, 7) is 4.72. The summed E-state index contributed by atoms with van der Waals surface area (Å²) in [4.78, 5) is 4.18. The van der Waals surface area contributed by atoms with Gasteiger partial charge in [0, 0.05) is 12.7 Å². The van der Waals surface area contributed by atoms with Crippen molar-refractivity contribution in [2.24, 2.45) is 11.7 Å². The molecule has 0 bridgehead atoms.